The number of primary amides is 1. The van der Waals surface area contributed by atoms with Gasteiger partial charge in [-0.2, -0.15) is 0 Å². The maximum absolute atomic E-state index is 10.8. The summed E-state index contributed by atoms with van der Waals surface area (Å²) in [6.07, 6.45) is 1.35. The molecule has 0 bridgehead atoms. The maximum atomic E-state index is 10.8. The molecule has 0 saturated carbocycles. The number of rotatable bonds is 7. The zero-order valence-electron chi connectivity index (χ0n) is 8.67. The molecule has 5 heteroatoms. The summed E-state index contributed by atoms with van der Waals surface area (Å²) in [4.78, 5) is 21.2. The van der Waals surface area contributed by atoms with Crippen molar-refractivity contribution in [2.75, 3.05) is 6.54 Å². The molecule has 5 nitrogen and oxygen atoms in total. The van der Waals surface area contributed by atoms with E-state index in [1.807, 2.05) is 0 Å². The summed E-state index contributed by atoms with van der Waals surface area (Å²) < 4.78 is 0. The zero-order chi connectivity index (χ0) is 11.2. The average Bonchev–Trinajstić information content (AvgIpc) is 2.11. The minimum atomic E-state index is -0.905. The van der Waals surface area contributed by atoms with Crippen LogP contribution in [0.4, 0.5) is 0 Å². The van der Waals surface area contributed by atoms with Gasteiger partial charge in [-0.25, -0.2) is 0 Å². The van der Waals surface area contributed by atoms with Gasteiger partial charge in [-0.05, 0) is 26.3 Å². The standard InChI is InChI=1S/C9H18N2O3/c1-3-9(2,8(13)14)11-6-4-5-7(10)12/h11H,3-6H2,1-2H3,(H2,10,12)(H,13,14). The van der Waals surface area contributed by atoms with Gasteiger partial charge in [0.1, 0.15) is 5.54 Å². The number of carboxylic acid groups (broad SMARTS) is 1. The van der Waals surface area contributed by atoms with Crippen LogP contribution >= 0.6 is 0 Å². The number of carboxylic acids is 1. The lowest BCUT2D eigenvalue weighted by molar-refractivity contribution is -0.144. The summed E-state index contributed by atoms with van der Waals surface area (Å²) in [5.74, 6) is -1.24. The first-order valence-electron chi connectivity index (χ1n) is 4.69. The predicted octanol–water partition coefficient (Wildman–Crippen LogP) is 0.0948. The van der Waals surface area contributed by atoms with E-state index in [1.165, 1.54) is 0 Å². The first kappa shape index (κ1) is 12.9. The first-order valence-corrected chi connectivity index (χ1v) is 4.69. The van der Waals surface area contributed by atoms with Crippen molar-refractivity contribution in [2.24, 2.45) is 5.73 Å². The molecule has 0 radical (unpaired) electrons. The molecule has 82 valence electrons. The van der Waals surface area contributed by atoms with E-state index in [0.29, 0.717) is 19.4 Å². The Bertz CT molecular complexity index is 218. The van der Waals surface area contributed by atoms with Crippen LogP contribution in [0.3, 0.4) is 0 Å². The van der Waals surface area contributed by atoms with Crippen LogP contribution in [0, 0.1) is 0 Å². The Morgan fingerprint density at radius 2 is 2.07 bits per heavy atom. The van der Waals surface area contributed by atoms with Crippen molar-refractivity contribution in [3.8, 4) is 0 Å². The minimum absolute atomic E-state index is 0.284. The largest absolute Gasteiger partial charge is 0.480 e. The van der Waals surface area contributed by atoms with Gasteiger partial charge in [0.25, 0.3) is 0 Å². The first-order chi connectivity index (χ1) is 6.42. The van der Waals surface area contributed by atoms with E-state index in [0.717, 1.165) is 0 Å². The summed E-state index contributed by atoms with van der Waals surface area (Å²) in [6.45, 7) is 3.91. The highest BCUT2D eigenvalue weighted by Crippen LogP contribution is 2.08. The van der Waals surface area contributed by atoms with E-state index in [4.69, 9.17) is 10.8 Å². The molecule has 0 aliphatic rings. The number of nitrogens with two attached hydrogens (primary N) is 1. The molecule has 1 amide bonds. The van der Waals surface area contributed by atoms with E-state index in [2.05, 4.69) is 5.32 Å². The molecule has 0 aliphatic heterocycles. The van der Waals surface area contributed by atoms with Gasteiger partial charge >= 0.3 is 5.97 Å². The van der Waals surface area contributed by atoms with Gasteiger partial charge < -0.3 is 16.2 Å². The maximum Gasteiger partial charge on any atom is 0.323 e. The molecule has 0 aromatic heterocycles. The van der Waals surface area contributed by atoms with Gasteiger partial charge in [-0.1, -0.05) is 6.92 Å². The average molecular weight is 202 g/mol. The molecule has 0 rings (SSSR count). The van der Waals surface area contributed by atoms with Gasteiger partial charge in [0.05, 0.1) is 0 Å². The SMILES string of the molecule is CCC(C)(NCCCC(N)=O)C(=O)O. The Morgan fingerprint density at radius 3 is 2.43 bits per heavy atom. The molecule has 1 unspecified atom stereocenters. The van der Waals surface area contributed by atoms with Gasteiger partial charge in [0, 0.05) is 6.42 Å². The van der Waals surface area contributed by atoms with E-state index < -0.39 is 11.5 Å². The fraction of sp³-hybridized carbons (Fsp3) is 0.778. The van der Waals surface area contributed by atoms with Crippen LogP contribution < -0.4 is 11.1 Å². The second-order valence-electron chi connectivity index (χ2n) is 3.49. The van der Waals surface area contributed by atoms with Crippen molar-refractivity contribution < 1.29 is 14.7 Å². The van der Waals surface area contributed by atoms with Gasteiger partial charge in [-0.3, -0.25) is 9.59 Å². The van der Waals surface area contributed by atoms with Gasteiger partial charge in [-0.15, -0.1) is 0 Å². The van der Waals surface area contributed by atoms with E-state index in [1.54, 1.807) is 13.8 Å². The third-order valence-corrected chi connectivity index (χ3v) is 2.29. The van der Waals surface area contributed by atoms with Crippen molar-refractivity contribution in [1.29, 1.82) is 0 Å². The van der Waals surface area contributed by atoms with Crippen LogP contribution in [0.25, 0.3) is 0 Å². The molecule has 4 N–H and O–H groups in total. The van der Waals surface area contributed by atoms with Crippen LogP contribution in [0.5, 0.6) is 0 Å². The summed E-state index contributed by atoms with van der Waals surface area (Å²) in [5.41, 5.74) is 4.05. The summed E-state index contributed by atoms with van der Waals surface area (Å²) in [5, 5.41) is 11.8. The third-order valence-electron chi connectivity index (χ3n) is 2.29. The number of hydrogen-bond acceptors (Lipinski definition) is 3. The van der Waals surface area contributed by atoms with Crippen molar-refractivity contribution in [3.63, 3.8) is 0 Å². The minimum Gasteiger partial charge on any atom is -0.480 e. The lowest BCUT2D eigenvalue weighted by Crippen LogP contribution is -2.49. The van der Waals surface area contributed by atoms with E-state index in [9.17, 15) is 9.59 Å². The second-order valence-corrected chi connectivity index (χ2v) is 3.49. The number of hydrogen-bond donors (Lipinski definition) is 3. The highest BCUT2D eigenvalue weighted by Gasteiger charge is 2.29. The summed E-state index contributed by atoms with van der Waals surface area (Å²) in [6, 6.07) is 0. The van der Waals surface area contributed by atoms with Crippen LogP contribution in [0.2, 0.25) is 0 Å². The van der Waals surface area contributed by atoms with Crippen molar-refractivity contribution >= 4 is 11.9 Å². The van der Waals surface area contributed by atoms with Crippen molar-refractivity contribution in [1.82, 2.24) is 5.32 Å². The zero-order valence-corrected chi connectivity index (χ0v) is 8.67. The fourth-order valence-electron chi connectivity index (χ4n) is 0.979. The molecule has 0 fully saturated rings. The smallest absolute Gasteiger partial charge is 0.323 e. The van der Waals surface area contributed by atoms with Gasteiger partial charge in [0.15, 0.2) is 0 Å². The Labute approximate surface area is 83.7 Å². The second kappa shape index (κ2) is 5.59. The summed E-state index contributed by atoms with van der Waals surface area (Å²) >= 11 is 0. The van der Waals surface area contributed by atoms with Crippen LogP contribution in [0.1, 0.15) is 33.1 Å². The van der Waals surface area contributed by atoms with E-state index in [-0.39, 0.29) is 12.3 Å². The number of aliphatic carboxylic acids is 1. The van der Waals surface area contributed by atoms with Crippen LogP contribution in [-0.4, -0.2) is 29.1 Å². The van der Waals surface area contributed by atoms with Crippen molar-refractivity contribution in [3.05, 3.63) is 0 Å². The molecule has 0 aromatic carbocycles. The Balaban J connectivity index is 3.85. The lowest BCUT2D eigenvalue weighted by Gasteiger charge is -2.24. The Morgan fingerprint density at radius 1 is 1.50 bits per heavy atom. The van der Waals surface area contributed by atoms with Gasteiger partial charge in [0.2, 0.25) is 5.91 Å². The monoisotopic (exact) mass is 202 g/mol. The summed E-state index contributed by atoms with van der Waals surface area (Å²) in [7, 11) is 0. The lowest BCUT2D eigenvalue weighted by atomic mass is 9.99. The molecular weight excluding hydrogens is 184 g/mol. The van der Waals surface area contributed by atoms with E-state index >= 15 is 0 Å². The molecule has 14 heavy (non-hydrogen) atoms. The molecule has 0 aromatic rings. The number of carbonyl (C=O) groups excluding carboxylic acids is 1. The number of nitrogens with one attached hydrogen (secondary N) is 1. The topological polar surface area (TPSA) is 92.4 Å². The highest BCUT2D eigenvalue weighted by molar-refractivity contribution is 5.78. The quantitative estimate of drug-likeness (QED) is 0.510. The third kappa shape index (κ3) is 4.23. The fourth-order valence-corrected chi connectivity index (χ4v) is 0.979. The number of carbonyl (C=O) groups is 2. The predicted molar refractivity (Wildman–Crippen MR) is 52.8 cm³/mol. The normalized spacial score (nSPS) is 14.7. The van der Waals surface area contributed by atoms with Crippen molar-refractivity contribution in [2.45, 2.75) is 38.6 Å². The molecule has 1 atom stereocenters. The Hall–Kier alpha value is -1.10. The Kier molecular flexibility index (Phi) is 5.15. The highest BCUT2D eigenvalue weighted by atomic mass is 16.4. The molecule has 0 saturated heterocycles. The molecular formula is C9H18N2O3. The molecule has 0 aliphatic carbocycles. The number of amides is 1. The molecule has 0 spiro atoms. The van der Waals surface area contributed by atoms with Crippen LogP contribution in [-0.2, 0) is 9.59 Å². The van der Waals surface area contributed by atoms with Crippen LogP contribution in [0.15, 0.2) is 0 Å². The molecule has 0 heterocycles.